The summed E-state index contributed by atoms with van der Waals surface area (Å²) in [6, 6.07) is 0. The third kappa shape index (κ3) is 5.74. The molecule has 8 nitrogen and oxygen atoms in total. The second-order valence-electron chi connectivity index (χ2n) is 6.55. The molecule has 2 rings (SSSR count). The van der Waals surface area contributed by atoms with Gasteiger partial charge in [-0.15, -0.1) is 0 Å². The van der Waals surface area contributed by atoms with Crippen LogP contribution in [0.1, 0.15) is 57.7 Å². The van der Waals surface area contributed by atoms with E-state index in [1.165, 1.54) is 0 Å². The van der Waals surface area contributed by atoms with Gasteiger partial charge in [0, 0.05) is 31.0 Å². The predicted octanol–water partition coefficient (Wildman–Crippen LogP) is 2.56. The number of hydrogen-bond acceptors (Lipinski definition) is 7. The molecule has 0 aromatic carbocycles. The van der Waals surface area contributed by atoms with Crippen molar-refractivity contribution in [3.63, 3.8) is 0 Å². The Morgan fingerprint density at radius 2 is 1.96 bits per heavy atom. The van der Waals surface area contributed by atoms with E-state index in [0.717, 1.165) is 0 Å². The molecule has 0 unspecified atom stereocenters. The molecular formula is C18H26N2O6S. The van der Waals surface area contributed by atoms with E-state index in [2.05, 4.69) is 4.98 Å². The smallest absolute Gasteiger partial charge is 0.306 e. The van der Waals surface area contributed by atoms with Crippen molar-refractivity contribution < 1.29 is 23.8 Å². The molecule has 1 aromatic heterocycles. The van der Waals surface area contributed by atoms with Crippen molar-refractivity contribution in [1.29, 1.82) is 0 Å². The number of carbonyl (C=O) groups excluding carboxylic acids is 2. The molecule has 0 bridgehead atoms. The number of H-pyrrole nitrogens is 1. The number of nitrogens with zero attached hydrogens (tertiary/aromatic N) is 1. The number of aromatic amines is 1. The van der Waals surface area contributed by atoms with Crippen LogP contribution in [0.25, 0.3) is 0 Å². The minimum atomic E-state index is -0.592. The number of ether oxygens (including phenoxy) is 3. The third-order valence-electron chi connectivity index (χ3n) is 4.24. The van der Waals surface area contributed by atoms with Crippen LogP contribution in [0.4, 0.5) is 0 Å². The largest absolute Gasteiger partial charge is 0.463 e. The van der Waals surface area contributed by atoms with E-state index >= 15 is 0 Å². The van der Waals surface area contributed by atoms with Crippen LogP contribution < -0.4 is 5.56 Å². The van der Waals surface area contributed by atoms with Crippen LogP contribution in [0.3, 0.4) is 0 Å². The van der Waals surface area contributed by atoms with Crippen molar-refractivity contribution in [3.05, 3.63) is 26.9 Å². The van der Waals surface area contributed by atoms with E-state index in [4.69, 9.17) is 26.4 Å². The summed E-state index contributed by atoms with van der Waals surface area (Å²) in [5.74, 6) is -0.641. The fourth-order valence-electron chi connectivity index (χ4n) is 2.83. The van der Waals surface area contributed by atoms with Gasteiger partial charge in [0.05, 0.1) is 0 Å². The van der Waals surface area contributed by atoms with Gasteiger partial charge >= 0.3 is 11.9 Å². The molecule has 27 heavy (non-hydrogen) atoms. The SMILES string of the molecule is CCCC(=O)OC[C@H]1O[C@@H](n2cc(C)c(=O)[nH]c2=S)C[C@@H]1OC(=O)CCC. The standard InChI is InChI=1S/C18H26N2O6S/c1-4-6-15(21)24-10-13-12(26-16(22)7-5-2)8-14(25-13)20-9-11(3)17(23)19-18(20)27/h9,12-14H,4-8,10H2,1-3H3,(H,19,23,27)/t12-,13+,14+/m0/s1. The molecule has 150 valence electrons. The maximum absolute atomic E-state index is 11.9. The summed E-state index contributed by atoms with van der Waals surface area (Å²) in [7, 11) is 0. The first kappa shape index (κ1) is 21.3. The highest BCUT2D eigenvalue weighted by Gasteiger charge is 2.39. The quantitative estimate of drug-likeness (QED) is 0.531. The fraction of sp³-hybridized carbons (Fsp3) is 0.667. The van der Waals surface area contributed by atoms with Gasteiger partial charge in [-0.25, -0.2) is 0 Å². The molecule has 0 radical (unpaired) electrons. The summed E-state index contributed by atoms with van der Waals surface area (Å²) in [4.78, 5) is 37.9. The Morgan fingerprint density at radius 1 is 1.30 bits per heavy atom. The van der Waals surface area contributed by atoms with Crippen molar-refractivity contribution >= 4 is 24.2 Å². The maximum atomic E-state index is 11.9. The number of rotatable bonds is 8. The molecular weight excluding hydrogens is 372 g/mol. The lowest BCUT2D eigenvalue weighted by atomic mass is 10.2. The van der Waals surface area contributed by atoms with E-state index in [1.807, 2.05) is 13.8 Å². The first-order chi connectivity index (χ1) is 12.8. The molecule has 3 atom stereocenters. The summed E-state index contributed by atoms with van der Waals surface area (Å²) >= 11 is 5.22. The zero-order chi connectivity index (χ0) is 20.0. The topological polar surface area (TPSA) is 99.6 Å². The van der Waals surface area contributed by atoms with Gasteiger partial charge in [0.15, 0.2) is 4.77 Å². The second-order valence-corrected chi connectivity index (χ2v) is 6.94. The Kier molecular flexibility index (Phi) is 7.73. The van der Waals surface area contributed by atoms with Crippen LogP contribution in [-0.4, -0.2) is 40.3 Å². The van der Waals surface area contributed by atoms with Crippen molar-refractivity contribution in [2.24, 2.45) is 0 Å². The van der Waals surface area contributed by atoms with Crippen LogP contribution in [0.5, 0.6) is 0 Å². The number of carbonyl (C=O) groups is 2. The highest BCUT2D eigenvalue weighted by atomic mass is 32.1. The van der Waals surface area contributed by atoms with Gasteiger partial charge in [-0.3, -0.25) is 23.9 Å². The molecule has 0 amide bonds. The number of hydrogen-bond donors (Lipinski definition) is 1. The molecule has 2 heterocycles. The van der Waals surface area contributed by atoms with Crippen molar-refractivity contribution in [2.75, 3.05) is 6.61 Å². The maximum Gasteiger partial charge on any atom is 0.306 e. The van der Waals surface area contributed by atoms with Crippen LogP contribution in [0.2, 0.25) is 0 Å². The number of nitrogens with one attached hydrogen (secondary N) is 1. The van der Waals surface area contributed by atoms with Crippen LogP contribution in [0, 0.1) is 11.7 Å². The average Bonchev–Trinajstić information content (AvgIpc) is 2.99. The Bertz CT molecular complexity index is 787. The van der Waals surface area contributed by atoms with E-state index in [-0.39, 0.29) is 28.9 Å². The number of aromatic nitrogens is 2. The molecule has 9 heteroatoms. The molecule has 1 saturated heterocycles. The number of esters is 2. The lowest BCUT2D eigenvalue weighted by Crippen LogP contribution is -2.32. The van der Waals surface area contributed by atoms with Crippen LogP contribution >= 0.6 is 12.2 Å². The third-order valence-corrected chi connectivity index (χ3v) is 4.55. The lowest BCUT2D eigenvalue weighted by Gasteiger charge is -2.19. The van der Waals surface area contributed by atoms with Crippen LogP contribution in [0.15, 0.2) is 11.0 Å². The van der Waals surface area contributed by atoms with Gasteiger partial charge in [-0.05, 0) is 32.0 Å². The Labute approximate surface area is 162 Å². The summed E-state index contributed by atoms with van der Waals surface area (Å²) in [5, 5.41) is 0. The van der Waals surface area contributed by atoms with Crippen molar-refractivity contribution in [3.8, 4) is 0 Å². The van der Waals surface area contributed by atoms with Gasteiger partial charge in [0.1, 0.15) is 25.0 Å². The summed E-state index contributed by atoms with van der Waals surface area (Å²) in [6.07, 6.45) is 2.28. The predicted molar refractivity (Wildman–Crippen MR) is 99.8 cm³/mol. The van der Waals surface area contributed by atoms with Gasteiger partial charge in [0.25, 0.3) is 5.56 Å². The Morgan fingerprint density at radius 3 is 2.63 bits per heavy atom. The van der Waals surface area contributed by atoms with Crippen molar-refractivity contribution in [2.45, 2.75) is 71.3 Å². The molecule has 1 aliphatic rings. The monoisotopic (exact) mass is 398 g/mol. The molecule has 0 aliphatic carbocycles. The Hall–Kier alpha value is -2.00. The molecule has 1 aliphatic heterocycles. The summed E-state index contributed by atoms with van der Waals surface area (Å²) < 4.78 is 18.6. The average molecular weight is 398 g/mol. The molecule has 0 saturated carbocycles. The van der Waals surface area contributed by atoms with Gasteiger partial charge in [-0.1, -0.05) is 13.8 Å². The normalized spacial score (nSPS) is 21.8. The highest BCUT2D eigenvalue weighted by Crippen LogP contribution is 2.31. The second kappa shape index (κ2) is 9.80. The molecule has 0 spiro atoms. The van der Waals surface area contributed by atoms with Crippen molar-refractivity contribution in [1.82, 2.24) is 9.55 Å². The zero-order valence-corrected chi connectivity index (χ0v) is 16.7. The number of aryl methyl sites for hydroxylation is 1. The van der Waals surface area contributed by atoms with Gasteiger partial charge in [-0.2, -0.15) is 0 Å². The van der Waals surface area contributed by atoms with E-state index in [0.29, 0.717) is 37.7 Å². The van der Waals surface area contributed by atoms with E-state index in [1.54, 1.807) is 17.7 Å². The fourth-order valence-corrected chi connectivity index (χ4v) is 3.09. The molecule has 1 aromatic rings. The molecule has 1 N–H and O–H groups in total. The first-order valence-corrected chi connectivity index (χ1v) is 9.59. The molecule has 1 fully saturated rings. The van der Waals surface area contributed by atoms with E-state index < -0.39 is 18.4 Å². The summed E-state index contributed by atoms with van der Waals surface area (Å²) in [5.41, 5.74) is 0.231. The van der Waals surface area contributed by atoms with Crippen LogP contribution in [-0.2, 0) is 23.8 Å². The first-order valence-electron chi connectivity index (χ1n) is 9.18. The summed E-state index contributed by atoms with van der Waals surface area (Å²) in [6.45, 7) is 5.44. The highest BCUT2D eigenvalue weighted by molar-refractivity contribution is 7.71. The van der Waals surface area contributed by atoms with Gasteiger partial charge in [0.2, 0.25) is 0 Å². The minimum Gasteiger partial charge on any atom is -0.463 e. The Balaban J connectivity index is 2.16. The van der Waals surface area contributed by atoms with Gasteiger partial charge < -0.3 is 14.2 Å². The van der Waals surface area contributed by atoms with E-state index in [9.17, 15) is 14.4 Å². The zero-order valence-electron chi connectivity index (χ0n) is 15.9. The minimum absolute atomic E-state index is 0.00490. The lowest BCUT2D eigenvalue weighted by molar-refractivity contribution is -0.158.